The summed E-state index contributed by atoms with van der Waals surface area (Å²) < 4.78 is 5.13. The fourth-order valence-corrected chi connectivity index (χ4v) is 2.82. The summed E-state index contributed by atoms with van der Waals surface area (Å²) in [5, 5.41) is 2.72. The van der Waals surface area contributed by atoms with Crippen LogP contribution in [0.3, 0.4) is 0 Å². The number of amides is 2. The van der Waals surface area contributed by atoms with Crippen LogP contribution in [0.2, 0.25) is 0 Å². The molecule has 0 aliphatic heterocycles. The van der Waals surface area contributed by atoms with Gasteiger partial charge in [0.2, 0.25) is 11.8 Å². The normalized spacial score (nSPS) is 10.3. The highest BCUT2D eigenvalue weighted by atomic mass is 32.2. The third-order valence-corrected chi connectivity index (χ3v) is 4.17. The highest BCUT2D eigenvalue weighted by Crippen LogP contribution is 2.12. The van der Waals surface area contributed by atoms with Gasteiger partial charge in [-0.3, -0.25) is 9.59 Å². The van der Waals surface area contributed by atoms with Gasteiger partial charge < -0.3 is 14.6 Å². The van der Waals surface area contributed by atoms with E-state index in [9.17, 15) is 9.59 Å². The van der Waals surface area contributed by atoms with Crippen molar-refractivity contribution in [3.63, 3.8) is 0 Å². The van der Waals surface area contributed by atoms with Gasteiger partial charge in [-0.1, -0.05) is 30.3 Å². The third-order valence-electron chi connectivity index (χ3n) is 3.18. The Hall–Kier alpha value is -2.21. The number of nitrogens with zero attached hydrogens (tertiary/aromatic N) is 1. The molecule has 0 radical (unpaired) electrons. The predicted octanol–water partition coefficient (Wildman–Crippen LogP) is 2.29. The van der Waals surface area contributed by atoms with Gasteiger partial charge >= 0.3 is 0 Å². The molecule has 2 rings (SSSR count). The molecule has 122 valence electrons. The lowest BCUT2D eigenvalue weighted by molar-refractivity contribution is -0.132. The number of carbonyl (C=O) groups is 2. The van der Waals surface area contributed by atoms with E-state index in [0.29, 0.717) is 18.1 Å². The minimum atomic E-state index is -0.203. The van der Waals surface area contributed by atoms with Crippen LogP contribution in [0.1, 0.15) is 11.3 Å². The number of hydrogen-bond donors (Lipinski definition) is 1. The maximum absolute atomic E-state index is 12.0. The molecule has 23 heavy (non-hydrogen) atoms. The number of thioether (sulfide) groups is 1. The van der Waals surface area contributed by atoms with Crippen LogP contribution < -0.4 is 5.32 Å². The zero-order chi connectivity index (χ0) is 16.5. The number of rotatable bonds is 8. The molecule has 0 atom stereocenters. The number of hydrogen-bond acceptors (Lipinski definition) is 4. The molecule has 0 aliphatic carbocycles. The Morgan fingerprint density at radius 3 is 2.65 bits per heavy atom. The van der Waals surface area contributed by atoms with Crippen LogP contribution in [0.25, 0.3) is 0 Å². The van der Waals surface area contributed by atoms with Crippen LogP contribution in [-0.2, 0) is 21.9 Å². The fraction of sp³-hybridized carbons (Fsp3) is 0.294. The van der Waals surface area contributed by atoms with E-state index < -0.39 is 0 Å². The van der Waals surface area contributed by atoms with Gasteiger partial charge in [0.25, 0.3) is 0 Å². The van der Waals surface area contributed by atoms with E-state index in [1.54, 1.807) is 37.2 Å². The average Bonchev–Trinajstić information content (AvgIpc) is 3.07. The number of carbonyl (C=O) groups excluding carboxylic acids is 2. The molecule has 1 N–H and O–H groups in total. The maximum atomic E-state index is 12.0. The van der Waals surface area contributed by atoms with Crippen molar-refractivity contribution >= 4 is 23.6 Å². The predicted molar refractivity (Wildman–Crippen MR) is 90.8 cm³/mol. The smallest absolute Gasteiger partial charge is 0.239 e. The maximum Gasteiger partial charge on any atom is 0.239 e. The highest BCUT2D eigenvalue weighted by molar-refractivity contribution is 7.99. The van der Waals surface area contributed by atoms with Gasteiger partial charge in [-0.25, -0.2) is 0 Å². The average molecular weight is 332 g/mol. The van der Waals surface area contributed by atoms with Crippen molar-refractivity contribution in [2.75, 3.05) is 19.3 Å². The Morgan fingerprint density at radius 1 is 1.17 bits per heavy atom. The summed E-state index contributed by atoms with van der Waals surface area (Å²) in [7, 11) is 1.64. The second-order valence-corrected chi connectivity index (χ2v) is 6.07. The highest BCUT2D eigenvalue weighted by Gasteiger charge is 2.13. The molecule has 0 aliphatic rings. The number of furan rings is 1. The second-order valence-electron chi connectivity index (χ2n) is 5.08. The molecule has 1 heterocycles. The van der Waals surface area contributed by atoms with Crippen LogP contribution in [0.5, 0.6) is 0 Å². The fourth-order valence-electron chi connectivity index (χ4n) is 1.90. The van der Waals surface area contributed by atoms with E-state index in [0.717, 1.165) is 5.75 Å². The number of nitrogens with one attached hydrogen (secondary N) is 1. The number of likely N-dealkylation sites (N-methyl/N-ethyl adjacent to an activating group) is 1. The Balaban J connectivity index is 1.64. The molecule has 0 spiro atoms. The molecule has 2 aromatic rings. The van der Waals surface area contributed by atoms with Crippen molar-refractivity contribution < 1.29 is 14.0 Å². The lowest BCUT2D eigenvalue weighted by atomic mass is 10.2. The first-order valence-electron chi connectivity index (χ1n) is 7.30. The van der Waals surface area contributed by atoms with Crippen molar-refractivity contribution in [1.29, 1.82) is 0 Å². The first kappa shape index (κ1) is 17.1. The Kier molecular flexibility index (Phi) is 6.75. The van der Waals surface area contributed by atoms with E-state index >= 15 is 0 Å². The van der Waals surface area contributed by atoms with Gasteiger partial charge in [0.15, 0.2) is 0 Å². The monoisotopic (exact) mass is 332 g/mol. The minimum absolute atomic E-state index is 0.0471. The first-order valence-corrected chi connectivity index (χ1v) is 8.45. The van der Waals surface area contributed by atoms with Crippen molar-refractivity contribution in [2.45, 2.75) is 12.3 Å². The summed E-state index contributed by atoms with van der Waals surface area (Å²) in [6, 6.07) is 13.5. The summed E-state index contributed by atoms with van der Waals surface area (Å²) in [5.41, 5.74) is 1.18. The van der Waals surface area contributed by atoms with Crippen molar-refractivity contribution in [3.05, 3.63) is 60.1 Å². The molecule has 0 saturated carbocycles. The quantitative estimate of drug-likeness (QED) is 0.806. The summed E-state index contributed by atoms with van der Waals surface area (Å²) in [6.07, 6.45) is 1.56. The molecule has 5 nitrogen and oxygen atoms in total. The van der Waals surface area contributed by atoms with Gasteiger partial charge in [0.05, 0.1) is 25.1 Å². The SMILES string of the molecule is CN(CC(=O)NCc1ccco1)C(=O)CSCc1ccccc1. The summed E-state index contributed by atoms with van der Waals surface area (Å²) in [4.78, 5) is 25.2. The van der Waals surface area contributed by atoms with Gasteiger partial charge in [-0.15, -0.1) is 11.8 Å². The van der Waals surface area contributed by atoms with E-state index in [-0.39, 0.29) is 18.4 Å². The second kappa shape index (κ2) is 9.05. The zero-order valence-corrected chi connectivity index (χ0v) is 13.8. The molecule has 0 unspecified atom stereocenters. The molecule has 0 saturated heterocycles. The molecule has 0 fully saturated rings. The van der Waals surface area contributed by atoms with E-state index in [2.05, 4.69) is 5.32 Å². The standard InChI is InChI=1S/C17H20N2O3S/c1-19(11-16(20)18-10-15-8-5-9-22-15)17(21)13-23-12-14-6-3-2-4-7-14/h2-9H,10-13H2,1H3,(H,18,20). The molecule has 6 heteroatoms. The molecule has 1 aromatic heterocycles. The van der Waals surface area contributed by atoms with E-state index in [4.69, 9.17) is 4.42 Å². The lowest BCUT2D eigenvalue weighted by Gasteiger charge is -2.16. The molecular weight excluding hydrogens is 312 g/mol. The molecule has 2 amide bonds. The van der Waals surface area contributed by atoms with Crippen LogP contribution in [0.4, 0.5) is 0 Å². The Morgan fingerprint density at radius 2 is 1.96 bits per heavy atom. The minimum Gasteiger partial charge on any atom is -0.467 e. The van der Waals surface area contributed by atoms with Crippen LogP contribution in [-0.4, -0.2) is 36.1 Å². The number of benzene rings is 1. The van der Waals surface area contributed by atoms with Crippen molar-refractivity contribution in [3.8, 4) is 0 Å². The van der Waals surface area contributed by atoms with E-state index in [1.165, 1.54) is 10.5 Å². The first-order chi connectivity index (χ1) is 11.1. The van der Waals surface area contributed by atoms with Gasteiger partial charge in [-0.05, 0) is 17.7 Å². The largest absolute Gasteiger partial charge is 0.467 e. The summed E-state index contributed by atoms with van der Waals surface area (Å²) >= 11 is 1.54. The molecular formula is C17H20N2O3S. The third kappa shape index (κ3) is 6.20. The lowest BCUT2D eigenvalue weighted by Crippen LogP contribution is -2.38. The summed E-state index contributed by atoms with van der Waals surface area (Å²) in [5.74, 6) is 1.57. The topological polar surface area (TPSA) is 62.6 Å². The molecule has 0 bridgehead atoms. The van der Waals surface area contributed by atoms with Crippen LogP contribution in [0.15, 0.2) is 53.1 Å². The van der Waals surface area contributed by atoms with Gasteiger partial charge in [0, 0.05) is 12.8 Å². The van der Waals surface area contributed by atoms with Crippen molar-refractivity contribution in [2.24, 2.45) is 0 Å². The molecule has 1 aromatic carbocycles. The van der Waals surface area contributed by atoms with Gasteiger partial charge in [0.1, 0.15) is 5.76 Å². The summed E-state index contributed by atoms with van der Waals surface area (Å²) in [6.45, 7) is 0.377. The van der Waals surface area contributed by atoms with Crippen LogP contribution >= 0.6 is 11.8 Å². The van der Waals surface area contributed by atoms with Gasteiger partial charge in [-0.2, -0.15) is 0 Å². The zero-order valence-electron chi connectivity index (χ0n) is 13.0. The van der Waals surface area contributed by atoms with Crippen molar-refractivity contribution in [1.82, 2.24) is 10.2 Å². The Labute approximate surface area is 140 Å². The Bertz CT molecular complexity index is 614. The van der Waals surface area contributed by atoms with E-state index in [1.807, 2.05) is 30.3 Å². The van der Waals surface area contributed by atoms with Crippen LogP contribution in [0, 0.1) is 0 Å².